The van der Waals surface area contributed by atoms with Gasteiger partial charge in [-0.1, -0.05) is 11.6 Å². The standard InChI is InChI=1S/C22H29ClN6O2/c1-14-21(28-20(13-25-14)26-10-15-4-7-31-8-5-15)17-9-19(27-12-18(17)23)29-22(30)16-3-2-6-24-11-16/h9,12-13,15-16,24H,2-8,10-11H2,1H3,(H,26,28)(H,27,29,30)/t16-/m1/s1. The summed E-state index contributed by atoms with van der Waals surface area (Å²) in [5.41, 5.74) is 2.14. The lowest BCUT2D eigenvalue weighted by atomic mass is 9.99. The minimum absolute atomic E-state index is 0.0253. The number of ether oxygens (including phenoxy) is 1. The molecule has 2 aliphatic rings. The van der Waals surface area contributed by atoms with E-state index in [0.717, 1.165) is 57.7 Å². The Morgan fingerprint density at radius 3 is 2.84 bits per heavy atom. The first-order valence-electron chi connectivity index (χ1n) is 10.9. The quantitative estimate of drug-likeness (QED) is 0.628. The first-order chi connectivity index (χ1) is 15.1. The Morgan fingerprint density at radius 2 is 2.06 bits per heavy atom. The highest BCUT2D eigenvalue weighted by molar-refractivity contribution is 6.33. The number of carbonyl (C=O) groups is 1. The molecule has 4 heterocycles. The first-order valence-corrected chi connectivity index (χ1v) is 11.3. The maximum atomic E-state index is 12.6. The lowest BCUT2D eigenvalue weighted by molar-refractivity contribution is -0.120. The van der Waals surface area contributed by atoms with Crippen LogP contribution in [0.25, 0.3) is 11.3 Å². The van der Waals surface area contributed by atoms with Crippen LogP contribution in [0, 0.1) is 18.8 Å². The van der Waals surface area contributed by atoms with Gasteiger partial charge in [0, 0.05) is 38.1 Å². The van der Waals surface area contributed by atoms with Crippen molar-refractivity contribution in [2.24, 2.45) is 11.8 Å². The Bertz CT molecular complexity index is 913. The molecule has 3 N–H and O–H groups in total. The number of nitrogens with zero attached hydrogens (tertiary/aromatic N) is 3. The van der Waals surface area contributed by atoms with Crippen LogP contribution >= 0.6 is 11.6 Å². The summed E-state index contributed by atoms with van der Waals surface area (Å²) in [6, 6.07) is 1.77. The number of aromatic nitrogens is 3. The average Bonchev–Trinajstić information content (AvgIpc) is 2.81. The largest absolute Gasteiger partial charge is 0.381 e. The van der Waals surface area contributed by atoms with Crippen molar-refractivity contribution in [2.45, 2.75) is 32.6 Å². The molecule has 31 heavy (non-hydrogen) atoms. The van der Waals surface area contributed by atoms with E-state index in [1.165, 1.54) is 0 Å². The van der Waals surface area contributed by atoms with Gasteiger partial charge in [0.05, 0.1) is 28.5 Å². The Morgan fingerprint density at radius 1 is 1.23 bits per heavy atom. The molecule has 4 rings (SSSR count). The topological polar surface area (TPSA) is 101 Å². The number of nitrogens with one attached hydrogen (secondary N) is 3. The molecule has 0 saturated carbocycles. The van der Waals surface area contributed by atoms with Gasteiger partial charge in [-0.05, 0) is 51.1 Å². The summed E-state index contributed by atoms with van der Waals surface area (Å²) in [5, 5.41) is 10.1. The second-order valence-electron chi connectivity index (χ2n) is 8.21. The third-order valence-corrected chi connectivity index (χ3v) is 6.20. The van der Waals surface area contributed by atoms with E-state index in [4.69, 9.17) is 21.3 Å². The molecule has 166 valence electrons. The Labute approximate surface area is 187 Å². The maximum absolute atomic E-state index is 12.6. The SMILES string of the molecule is Cc1ncc(NCC2CCOCC2)nc1-c1cc(NC(=O)[C@@H]2CCCNC2)ncc1Cl. The molecule has 0 radical (unpaired) electrons. The third-order valence-electron chi connectivity index (χ3n) is 5.90. The van der Waals surface area contributed by atoms with Gasteiger partial charge in [0.15, 0.2) is 0 Å². The van der Waals surface area contributed by atoms with Crippen LogP contribution in [-0.4, -0.2) is 53.7 Å². The van der Waals surface area contributed by atoms with Gasteiger partial charge in [0.25, 0.3) is 0 Å². The van der Waals surface area contributed by atoms with Gasteiger partial charge in [-0.2, -0.15) is 0 Å². The summed E-state index contributed by atoms with van der Waals surface area (Å²) in [6.07, 6.45) is 7.27. The van der Waals surface area contributed by atoms with Crippen molar-refractivity contribution < 1.29 is 9.53 Å². The van der Waals surface area contributed by atoms with E-state index >= 15 is 0 Å². The fourth-order valence-electron chi connectivity index (χ4n) is 3.98. The van der Waals surface area contributed by atoms with Gasteiger partial charge < -0.3 is 20.7 Å². The Balaban J connectivity index is 1.49. The fourth-order valence-corrected chi connectivity index (χ4v) is 4.17. The summed E-state index contributed by atoms with van der Waals surface area (Å²) >= 11 is 6.45. The van der Waals surface area contributed by atoms with Crippen molar-refractivity contribution in [1.82, 2.24) is 20.3 Å². The third kappa shape index (κ3) is 5.70. The highest BCUT2D eigenvalue weighted by Gasteiger charge is 2.22. The molecule has 8 nitrogen and oxygen atoms in total. The molecule has 0 unspecified atom stereocenters. The second-order valence-corrected chi connectivity index (χ2v) is 8.62. The van der Waals surface area contributed by atoms with Gasteiger partial charge >= 0.3 is 0 Å². The van der Waals surface area contributed by atoms with Gasteiger partial charge in [0.1, 0.15) is 11.6 Å². The van der Waals surface area contributed by atoms with Crippen LogP contribution in [0.3, 0.4) is 0 Å². The summed E-state index contributed by atoms with van der Waals surface area (Å²) in [5.74, 6) is 1.67. The zero-order chi connectivity index (χ0) is 21.6. The summed E-state index contributed by atoms with van der Waals surface area (Å²) < 4.78 is 5.43. The van der Waals surface area contributed by atoms with Gasteiger partial charge in [-0.25, -0.2) is 9.97 Å². The van der Waals surface area contributed by atoms with E-state index in [1.807, 2.05) is 6.92 Å². The summed E-state index contributed by atoms with van der Waals surface area (Å²) in [4.78, 5) is 26.1. The van der Waals surface area contributed by atoms with E-state index in [1.54, 1.807) is 18.5 Å². The number of amides is 1. The van der Waals surface area contributed by atoms with Crippen LogP contribution < -0.4 is 16.0 Å². The van der Waals surface area contributed by atoms with Crippen LogP contribution in [-0.2, 0) is 9.53 Å². The minimum atomic E-state index is -0.0473. The smallest absolute Gasteiger partial charge is 0.229 e. The zero-order valence-electron chi connectivity index (χ0n) is 17.8. The van der Waals surface area contributed by atoms with Crippen molar-refractivity contribution in [2.75, 3.05) is 43.5 Å². The second kappa shape index (κ2) is 10.3. The Kier molecular flexibility index (Phi) is 7.32. The number of halogens is 1. The van der Waals surface area contributed by atoms with E-state index in [2.05, 4.69) is 25.9 Å². The monoisotopic (exact) mass is 444 g/mol. The zero-order valence-corrected chi connectivity index (χ0v) is 18.5. The maximum Gasteiger partial charge on any atom is 0.229 e. The number of anilines is 2. The van der Waals surface area contributed by atoms with Crippen LogP contribution in [0.2, 0.25) is 5.02 Å². The number of pyridine rings is 1. The molecule has 2 saturated heterocycles. The summed E-state index contributed by atoms with van der Waals surface area (Å²) in [7, 11) is 0. The van der Waals surface area contributed by atoms with Crippen LogP contribution in [0.1, 0.15) is 31.4 Å². The molecule has 9 heteroatoms. The number of aryl methyl sites for hydroxylation is 1. The molecule has 2 fully saturated rings. The lowest BCUT2D eigenvalue weighted by Crippen LogP contribution is -2.37. The minimum Gasteiger partial charge on any atom is -0.381 e. The Hall–Kier alpha value is -2.29. The molecule has 0 bridgehead atoms. The number of piperidine rings is 1. The molecule has 1 amide bonds. The predicted octanol–water partition coefficient (Wildman–Crippen LogP) is 3.28. The normalized spacial score (nSPS) is 19.7. The van der Waals surface area contributed by atoms with Crippen LogP contribution in [0.5, 0.6) is 0 Å². The van der Waals surface area contributed by atoms with Gasteiger partial charge in [-0.3, -0.25) is 9.78 Å². The summed E-state index contributed by atoms with van der Waals surface area (Å²) in [6.45, 7) is 6.01. The molecule has 0 aliphatic carbocycles. The highest BCUT2D eigenvalue weighted by atomic mass is 35.5. The fraction of sp³-hybridized carbons (Fsp3) is 0.545. The van der Waals surface area contributed by atoms with Crippen LogP contribution in [0.15, 0.2) is 18.5 Å². The molecule has 0 spiro atoms. The number of hydrogen-bond donors (Lipinski definition) is 3. The molecular formula is C22H29ClN6O2. The molecule has 0 aromatic carbocycles. The van der Waals surface area contributed by atoms with E-state index in [9.17, 15) is 4.79 Å². The molecule has 2 aliphatic heterocycles. The van der Waals surface area contributed by atoms with E-state index in [-0.39, 0.29) is 11.8 Å². The van der Waals surface area contributed by atoms with Crippen molar-refractivity contribution in [3.8, 4) is 11.3 Å². The number of rotatable bonds is 6. The van der Waals surface area contributed by atoms with Gasteiger partial charge in [-0.15, -0.1) is 0 Å². The van der Waals surface area contributed by atoms with E-state index in [0.29, 0.717) is 40.4 Å². The van der Waals surface area contributed by atoms with Crippen molar-refractivity contribution >= 4 is 29.1 Å². The van der Waals surface area contributed by atoms with Crippen molar-refractivity contribution in [3.05, 3.63) is 29.2 Å². The molecule has 2 aromatic rings. The first kappa shape index (κ1) is 21.9. The average molecular weight is 445 g/mol. The van der Waals surface area contributed by atoms with Crippen molar-refractivity contribution in [3.63, 3.8) is 0 Å². The van der Waals surface area contributed by atoms with E-state index < -0.39 is 0 Å². The molecular weight excluding hydrogens is 416 g/mol. The number of hydrogen-bond acceptors (Lipinski definition) is 7. The lowest BCUT2D eigenvalue weighted by Gasteiger charge is -2.22. The number of carbonyl (C=O) groups excluding carboxylic acids is 1. The predicted molar refractivity (Wildman–Crippen MR) is 121 cm³/mol. The molecule has 1 atom stereocenters. The highest BCUT2D eigenvalue weighted by Crippen LogP contribution is 2.30. The molecule has 2 aromatic heterocycles. The van der Waals surface area contributed by atoms with Gasteiger partial charge in [0.2, 0.25) is 5.91 Å². The van der Waals surface area contributed by atoms with Crippen molar-refractivity contribution in [1.29, 1.82) is 0 Å². The van der Waals surface area contributed by atoms with Crippen LogP contribution in [0.4, 0.5) is 11.6 Å².